The first-order chi connectivity index (χ1) is 57.5. The predicted molar refractivity (Wildman–Crippen MR) is 451 cm³/mol. The van der Waals surface area contributed by atoms with Gasteiger partial charge in [-0.2, -0.15) is 10.5 Å². The number of hydrogen-bond acceptors (Lipinski definition) is 16. The van der Waals surface area contributed by atoms with E-state index in [1.807, 2.05) is 104 Å². The fourth-order valence-electron chi connectivity index (χ4n) is 16.8. The van der Waals surface area contributed by atoms with Crippen molar-refractivity contribution in [3.63, 3.8) is 0 Å². The van der Waals surface area contributed by atoms with E-state index in [4.69, 9.17) is 59.8 Å². The molecular formula is C96H54N20. The third kappa shape index (κ3) is 10.7. The van der Waals surface area contributed by atoms with Gasteiger partial charge in [0.05, 0.1) is 121 Å². The van der Waals surface area contributed by atoms with Gasteiger partial charge in [0.25, 0.3) is 0 Å². The second-order valence-electron chi connectivity index (χ2n) is 28.0. The van der Waals surface area contributed by atoms with Crippen LogP contribution in [0.15, 0.2) is 330 Å². The van der Waals surface area contributed by atoms with E-state index in [0.29, 0.717) is 79.8 Å². The van der Waals surface area contributed by atoms with Crippen molar-refractivity contribution in [1.29, 1.82) is 10.5 Å². The van der Waals surface area contributed by atoms with E-state index < -0.39 is 0 Å². The predicted octanol–water partition coefficient (Wildman–Crippen LogP) is 20.4. The van der Waals surface area contributed by atoms with E-state index in [2.05, 4.69) is 180 Å². The zero-order chi connectivity index (χ0) is 76.9. The van der Waals surface area contributed by atoms with Crippen molar-refractivity contribution >= 4 is 87.2 Å². The number of nitriles is 2. The quantitative estimate of drug-likeness (QED) is 0.104. The van der Waals surface area contributed by atoms with Gasteiger partial charge >= 0.3 is 0 Å². The second-order valence-corrected chi connectivity index (χ2v) is 28.0. The van der Waals surface area contributed by atoms with Crippen molar-refractivity contribution < 1.29 is 0 Å². The molecule has 0 saturated heterocycles. The van der Waals surface area contributed by atoms with Crippen LogP contribution in [0.2, 0.25) is 0 Å². The molecule has 20 heteroatoms. The monoisotopic (exact) mass is 1490 g/mol. The molecular weight excluding hydrogens is 1430 g/mol. The Morgan fingerprint density at radius 3 is 1.01 bits per heavy atom. The van der Waals surface area contributed by atoms with Gasteiger partial charge in [0.15, 0.2) is 34.9 Å². The van der Waals surface area contributed by atoms with Crippen LogP contribution in [0.5, 0.6) is 0 Å². The minimum absolute atomic E-state index is 0.441. The van der Waals surface area contributed by atoms with Gasteiger partial charge in [-0.25, -0.2) is 59.8 Å². The van der Waals surface area contributed by atoms with Crippen LogP contribution in [0.3, 0.4) is 0 Å². The lowest BCUT2D eigenvalue weighted by Crippen LogP contribution is -2.06. The molecule has 0 spiro atoms. The van der Waals surface area contributed by atoms with Crippen molar-refractivity contribution in [2.75, 3.05) is 0 Å². The average molecular weight is 1490 g/mol. The summed E-state index contributed by atoms with van der Waals surface area (Å²) in [5.74, 6) is 3.23. The summed E-state index contributed by atoms with van der Waals surface area (Å²) in [5.41, 5.74) is 19.8. The van der Waals surface area contributed by atoms with E-state index in [1.54, 1.807) is 86.2 Å². The normalized spacial score (nSPS) is 11.6. The average Bonchev–Trinajstić information content (AvgIpc) is 1.56. The first-order valence-electron chi connectivity index (χ1n) is 37.4. The number of para-hydroxylation sites is 2. The molecule has 0 amide bonds. The first kappa shape index (κ1) is 66.2. The maximum atomic E-state index is 11.4. The molecule has 0 radical (unpaired) electrons. The Morgan fingerprint density at radius 2 is 0.560 bits per heavy atom. The first-order valence-corrected chi connectivity index (χ1v) is 37.4. The highest BCUT2D eigenvalue weighted by atomic mass is 15.1. The van der Waals surface area contributed by atoms with E-state index in [9.17, 15) is 10.5 Å². The van der Waals surface area contributed by atoms with Crippen LogP contribution in [0.4, 0.5) is 0 Å². The van der Waals surface area contributed by atoms with Crippen LogP contribution < -0.4 is 0 Å². The molecule has 0 saturated carbocycles. The number of benzene rings is 10. The van der Waals surface area contributed by atoms with E-state index in [1.165, 1.54) is 0 Å². The van der Waals surface area contributed by atoms with Gasteiger partial charge in [0, 0.05) is 172 Å². The molecule has 0 aliphatic rings. The Morgan fingerprint density at radius 1 is 0.233 bits per heavy atom. The molecule has 10 aromatic carbocycles. The maximum Gasteiger partial charge on any atom is 0.159 e. The number of fused-ring (bicyclic) bond motifs is 12. The van der Waals surface area contributed by atoms with Gasteiger partial charge in [0.2, 0.25) is 0 Å². The molecule has 116 heavy (non-hydrogen) atoms. The van der Waals surface area contributed by atoms with Crippen LogP contribution in [0.1, 0.15) is 11.1 Å². The summed E-state index contributed by atoms with van der Waals surface area (Å²) in [6.45, 7) is 0. The number of pyridine rings is 2. The summed E-state index contributed by atoms with van der Waals surface area (Å²) in [4.78, 5) is 68.6. The Bertz CT molecular complexity index is 7770. The van der Waals surface area contributed by atoms with Crippen LogP contribution in [0.25, 0.3) is 212 Å². The topological polar surface area (TPSA) is 248 Å². The summed E-state index contributed by atoms with van der Waals surface area (Å²) in [6, 6.07) is 84.1. The molecule has 0 atom stereocenters. The Labute approximate surface area is 659 Å². The van der Waals surface area contributed by atoms with E-state index >= 15 is 0 Å². The van der Waals surface area contributed by atoms with E-state index in [-0.39, 0.29) is 0 Å². The third-order valence-electron chi connectivity index (χ3n) is 21.7. The molecule has 0 aliphatic carbocycles. The number of nitrogens with zero attached hydrogens (tertiary/aromatic N) is 20. The van der Waals surface area contributed by atoms with Gasteiger partial charge in [-0.05, 0) is 127 Å². The minimum Gasteiger partial charge on any atom is -0.307 e. The smallest absolute Gasteiger partial charge is 0.159 e. The highest BCUT2D eigenvalue weighted by Gasteiger charge is 2.30. The highest BCUT2D eigenvalue weighted by molar-refractivity contribution is 6.19. The summed E-state index contributed by atoms with van der Waals surface area (Å²) < 4.78 is 8.97. The van der Waals surface area contributed by atoms with Gasteiger partial charge < -0.3 is 18.3 Å². The maximum absolute atomic E-state index is 11.4. The Hall–Kier alpha value is -16.8. The Kier molecular flexibility index (Phi) is 15.4. The molecule has 0 aliphatic heterocycles. The molecule has 12 aromatic heterocycles. The lowest BCUT2D eigenvalue weighted by Gasteiger charge is -2.20. The van der Waals surface area contributed by atoms with Gasteiger partial charge in [-0.15, -0.1) is 0 Å². The zero-order valence-corrected chi connectivity index (χ0v) is 61.1. The van der Waals surface area contributed by atoms with E-state index in [0.717, 1.165) is 143 Å². The van der Waals surface area contributed by atoms with Crippen LogP contribution >= 0.6 is 0 Å². The SMILES string of the molecule is N#Cc1ccccc1-c1c(-n2c3ccccc3c3cc(-c4ncccn4)ccc32)cncc1-n1c2ccccc2c2cc(-c3nccc(-c4cc(-c5ncccn5)cc5c4c4ccc(-c6ncccn6)cc4n5-c4cncc(-n5c6cc(-c7ncccn7)ccc6c6ccc(-c7ncccn7)cc65)c4-c4ccccc4C#N)n3)ccc21. The second kappa shape index (κ2) is 27.0. The molecule has 538 valence electrons. The van der Waals surface area contributed by atoms with Crippen LogP contribution in [0, 0.1) is 22.7 Å². The van der Waals surface area contributed by atoms with Crippen molar-refractivity contribution in [2.24, 2.45) is 0 Å². The summed E-state index contributed by atoms with van der Waals surface area (Å²) in [7, 11) is 0. The molecule has 20 nitrogen and oxygen atoms in total. The largest absolute Gasteiger partial charge is 0.307 e. The fourth-order valence-corrected chi connectivity index (χ4v) is 16.8. The van der Waals surface area contributed by atoms with Gasteiger partial charge in [-0.3, -0.25) is 9.97 Å². The Balaban J connectivity index is 0.767. The fraction of sp³-hybridized carbons (Fsp3) is 0. The van der Waals surface area contributed by atoms with Crippen molar-refractivity contribution in [2.45, 2.75) is 0 Å². The van der Waals surface area contributed by atoms with Crippen LogP contribution in [-0.2, 0) is 0 Å². The molecule has 0 bridgehead atoms. The number of aromatic nitrogens is 18. The zero-order valence-electron chi connectivity index (χ0n) is 61.1. The van der Waals surface area contributed by atoms with Crippen molar-refractivity contribution in [1.82, 2.24) is 88.0 Å². The van der Waals surface area contributed by atoms with Crippen molar-refractivity contribution in [3.05, 3.63) is 341 Å². The highest BCUT2D eigenvalue weighted by Crippen LogP contribution is 2.49. The summed E-state index contributed by atoms with van der Waals surface area (Å²) in [6.07, 6.45) is 26.8. The molecule has 0 fully saturated rings. The lowest BCUT2D eigenvalue weighted by atomic mass is 9.97. The molecule has 0 unspecified atom stereocenters. The third-order valence-corrected chi connectivity index (χ3v) is 21.7. The number of rotatable bonds is 13. The minimum atomic E-state index is 0.441. The van der Waals surface area contributed by atoms with Crippen molar-refractivity contribution in [3.8, 4) is 137 Å². The molecule has 22 rings (SSSR count). The molecule has 12 heterocycles. The summed E-state index contributed by atoms with van der Waals surface area (Å²) >= 11 is 0. The standard InChI is InChI=1S/C96H54N20/c97-51-62-14-1-3-16-65(62)89-84(113-76-20-7-5-18-67(76)72-44-57(25-30-78(72)113)91-101-33-9-34-102-91)53-99-54-85(89)114-77-21-8-6-19-68(77)73-45-58(26-31-79(73)114)96-111-43-32-75(112-96)74-46-64(95-109-41-13-42-110-95)50-83-88(74)71-29-24-61(94-107-39-12-40-108-94)49-82(71)116(83)87-56-100-55-86(90(87)66-17-4-2-15-63(66)52-98)115-80-47-59(92-103-35-10-36-104-92)22-27-69(80)70-28-23-60(48-81(70)115)93-105-37-11-38-106-93/h1-50,53-56H. The molecule has 0 N–H and O–H groups in total. The van der Waals surface area contributed by atoms with Gasteiger partial charge in [0.1, 0.15) is 0 Å². The molecule has 22 aromatic rings. The van der Waals surface area contributed by atoms with Crippen LogP contribution in [-0.4, -0.2) is 88.0 Å². The summed E-state index contributed by atoms with van der Waals surface area (Å²) in [5, 5.41) is 30.1. The van der Waals surface area contributed by atoms with Gasteiger partial charge in [-0.1, -0.05) is 109 Å². The lowest BCUT2D eigenvalue weighted by molar-refractivity contribution is 1.09. The number of hydrogen-bond donors (Lipinski definition) is 0.